The smallest absolute Gasteiger partial charge is 0.306 e. The van der Waals surface area contributed by atoms with E-state index in [1.54, 1.807) is 0 Å². The Balaban J connectivity index is 4.33. The number of hydrogen-bond acceptors (Lipinski definition) is 6. The molecular weight excluding hydrogens is 709 g/mol. The number of carbonyl (C=O) groups excluding carboxylic acids is 3. The number of unbranched alkanes of at least 4 members (excludes halogenated alkanes) is 27. The summed E-state index contributed by atoms with van der Waals surface area (Å²) in [6.07, 6.45) is 52.7. The van der Waals surface area contributed by atoms with Crippen LogP contribution in [-0.2, 0) is 28.6 Å². The second-order valence-electron chi connectivity index (χ2n) is 16.4. The second kappa shape index (κ2) is 46.3. The molecule has 0 saturated heterocycles. The molecule has 0 rings (SSSR count). The Labute approximate surface area is 353 Å². The van der Waals surface area contributed by atoms with Crippen LogP contribution in [0.1, 0.15) is 252 Å². The van der Waals surface area contributed by atoms with Gasteiger partial charge in [0, 0.05) is 19.3 Å². The highest BCUT2D eigenvalue weighted by atomic mass is 16.6. The van der Waals surface area contributed by atoms with Crippen LogP contribution in [0.2, 0.25) is 0 Å². The van der Waals surface area contributed by atoms with Crippen molar-refractivity contribution in [3.8, 4) is 0 Å². The minimum atomic E-state index is -0.774. The van der Waals surface area contributed by atoms with Gasteiger partial charge in [0.05, 0.1) is 0 Å². The minimum absolute atomic E-state index is 0.0760. The maximum atomic E-state index is 12.7. The fourth-order valence-corrected chi connectivity index (χ4v) is 6.88. The van der Waals surface area contributed by atoms with Gasteiger partial charge in [-0.15, -0.1) is 0 Å². The quantitative estimate of drug-likeness (QED) is 0.0264. The summed E-state index contributed by atoms with van der Waals surface area (Å²) in [6.45, 7) is 6.57. The Bertz CT molecular complexity index is 969. The van der Waals surface area contributed by atoms with Gasteiger partial charge in [-0.3, -0.25) is 14.4 Å². The largest absolute Gasteiger partial charge is 0.462 e. The van der Waals surface area contributed by atoms with Crippen LogP contribution < -0.4 is 0 Å². The molecule has 0 aromatic carbocycles. The summed E-state index contributed by atoms with van der Waals surface area (Å²) in [5.74, 6) is -0.890. The summed E-state index contributed by atoms with van der Waals surface area (Å²) >= 11 is 0. The SMILES string of the molecule is CCCCC/C=C\C/C=C\CCCCCCCCCC(=O)OCC(COC(=O)CCCCCCCCCCC)OC(=O)CCCCCCC/C=C\CCCCCC. The lowest BCUT2D eigenvalue weighted by atomic mass is 10.1. The monoisotopic (exact) mass is 801 g/mol. The van der Waals surface area contributed by atoms with Crippen LogP contribution in [0.3, 0.4) is 0 Å². The molecule has 0 aliphatic rings. The van der Waals surface area contributed by atoms with Crippen LogP contribution in [0.4, 0.5) is 0 Å². The standard InChI is InChI=1S/C51H92O6/c1-4-7-10-13-16-19-21-23-24-25-26-28-29-32-35-38-41-44-50(53)56-47-48(46-55-49(52)43-40-37-34-31-18-15-12-9-6-3)57-51(54)45-42-39-36-33-30-27-22-20-17-14-11-8-5-2/h16,19-20,22-24,48H,4-15,17-18,21,25-47H2,1-3H3/b19-16-,22-20-,24-23-. The van der Waals surface area contributed by atoms with Gasteiger partial charge in [0.15, 0.2) is 6.10 Å². The predicted molar refractivity (Wildman–Crippen MR) is 242 cm³/mol. The second-order valence-corrected chi connectivity index (χ2v) is 16.4. The van der Waals surface area contributed by atoms with Crippen molar-refractivity contribution in [1.29, 1.82) is 0 Å². The Kier molecular flexibility index (Phi) is 44.4. The number of hydrogen-bond donors (Lipinski definition) is 0. The first-order valence-electron chi connectivity index (χ1n) is 24.5. The van der Waals surface area contributed by atoms with E-state index < -0.39 is 6.10 Å². The van der Waals surface area contributed by atoms with Crippen molar-refractivity contribution in [3.05, 3.63) is 36.5 Å². The van der Waals surface area contributed by atoms with Crippen LogP contribution in [0, 0.1) is 0 Å². The molecule has 0 heterocycles. The Hall–Kier alpha value is -2.37. The van der Waals surface area contributed by atoms with E-state index >= 15 is 0 Å². The van der Waals surface area contributed by atoms with Crippen LogP contribution in [0.5, 0.6) is 0 Å². The number of rotatable bonds is 44. The topological polar surface area (TPSA) is 78.9 Å². The molecule has 0 bridgehead atoms. The maximum absolute atomic E-state index is 12.7. The van der Waals surface area contributed by atoms with E-state index in [0.29, 0.717) is 19.3 Å². The van der Waals surface area contributed by atoms with E-state index in [1.807, 2.05) is 0 Å². The fourth-order valence-electron chi connectivity index (χ4n) is 6.88. The van der Waals surface area contributed by atoms with E-state index in [4.69, 9.17) is 14.2 Å². The van der Waals surface area contributed by atoms with Gasteiger partial charge in [-0.2, -0.15) is 0 Å². The molecule has 0 fully saturated rings. The Morgan fingerprint density at radius 3 is 1.04 bits per heavy atom. The molecule has 6 nitrogen and oxygen atoms in total. The molecule has 0 spiro atoms. The summed E-state index contributed by atoms with van der Waals surface area (Å²) in [7, 11) is 0. The van der Waals surface area contributed by atoms with Crippen molar-refractivity contribution in [2.75, 3.05) is 13.2 Å². The first kappa shape index (κ1) is 54.6. The normalized spacial score (nSPS) is 12.3. The van der Waals surface area contributed by atoms with E-state index in [0.717, 1.165) is 83.5 Å². The highest BCUT2D eigenvalue weighted by Gasteiger charge is 2.19. The molecule has 0 aromatic heterocycles. The van der Waals surface area contributed by atoms with Crippen molar-refractivity contribution in [2.45, 2.75) is 258 Å². The highest BCUT2D eigenvalue weighted by molar-refractivity contribution is 5.71. The maximum Gasteiger partial charge on any atom is 0.306 e. The molecule has 0 aliphatic carbocycles. The zero-order valence-corrected chi connectivity index (χ0v) is 37.9. The molecule has 1 unspecified atom stereocenters. The van der Waals surface area contributed by atoms with Crippen LogP contribution in [-0.4, -0.2) is 37.2 Å². The third-order valence-corrected chi connectivity index (χ3v) is 10.6. The molecule has 0 saturated carbocycles. The summed E-state index contributed by atoms with van der Waals surface area (Å²) in [6, 6.07) is 0. The van der Waals surface area contributed by atoms with Gasteiger partial charge in [-0.25, -0.2) is 0 Å². The fraction of sp³-hybridized carbons (Fsp3) is 0.824. The zero-order chi connectivity index (χ0) is 41.5. The lowest BCUT2D eigenvalue weighted by molar-refractivity contribution is -0.167. The average Bonchev–Trinajstić information content (AvgIpc) is 3.21. The van der Waals surface area contributed by atoms with Gasteiger partial charge >= 0.3 is 17.9 Å². The van der Waals surface area contributed by atoms with Crippen molar-refractivity contribution >= 4 is 17.9 Å². The molecule has 1 atom stereocenters. The first-order valence-corrected chi connectivity index (χ1v) is 24.5. The minimum Gasteiger partial charge on any atom is -0.462 e. The lowest BCUT2D eigenvalue weighted by Crippen LogP contribution is -2.30. The number of carbonyl (C=O) groups is 3. The van der Waals surface area contributed by atoms with E-state index in [2.05, 4.69) is 57.2 Å². The molecular formula is C51H92O6. The van der Waals surface area contributed by atoms with E-state index in [9.17, 15) is 14.4 Å². The molecule has 0 aromatic rings. The van der Waals surface area contributed by atoms with Crippen LogP contribution in [0.25, 0.3) is 0 Å². The lowest BCUT2D eigenvalue weighted by Gasteiger charge is -2.18. The number of esters is 3. The van der Waals surface area contributed by atoms with Crippen LogP contribution >= 0.6 is 0 Å². The van der Waals surface area contributed by atoms with Gasteiger partial charge < -0.3 is 14.2 Å². The molecule has 0 amide bonds. The first-order chi connectivity index (χ1) is 28.0. The summed E-state index contributed by atoms with van der Waals surface area (Å²) in [4.78, 5) is 37.8. The van der Waals surface area contributed by atoms with E-state index in [-0.39, 0.29) is 31.1 Å². The molecule has 0 radical (unpaired) electrons. The van der Waals surface area contributed by atoms with E-state index in [1.165, 1.54) is 128 Å². The van der Waals surface area contributed by atoms with Gasteiger partial charge in [-0.05, 0) is 77.0 Å². The molecule has 332 valence electrons. The third kappa shape index (κ3) is 44.6. The summed E-state index contributed by atoms with van der Waals surface area (Å²) in [5.41, 5.74) is 0. The Morgan fingerprint density at radius 2 is 0.632 bits per heavy atom. The van der Waals surface area contributed by atoms with Gasteiger partial charge in [0.1, 0.15) is 13.2 Å². The summed E-state index contributed by atoms with van der Waals surface area (Å²) in [5, 5.41) is 0. The third-order valence-electron chi connectivity index (χ3n) is 10.6. The van der Waals surface area contributed by atoms with Crippen molar-refractivity contribution < 1.29 is 28.6 Å². The molecule has 6 heteroatoms. The Morgan fingerprint density at radius 1 is 0.351 bits per heavy atom. The highest BCUT2D eigenvalue weighted by Crippen LogP contribution is 2.14. The molecule has 57 heavy (non-hydrogen) atoms. The van der Waals surface area contributed by atoms with Gasteiger partial charge in [0.25, 0.3) is 0 Å². The summed E-state index contributed by atoms with van der Waals surface area (Å²) < 4.78 is 16.7. The van der Waals surface area contributed by atoms with Gasteiger partial charge in [-0.1, -0.05) is 192 Å². The van der Waals surface area contributed by atoms with Gasteiger partial charge in [0.2, 0.25) is 0 Å². The number of ether oxygens (including phenoxy) is 3. The van der Waals surface area contributed by atoms with Crippen molar-refractivity contribution in [2.24, 2.45) is 0 Å². The zero-order valence-electron chi connectivity index (χ0n) is 37.9. The van der Waals surface area contributed by atoms with Crippen molar-refractivity contribution in [3.63, 3.8) is 0 Å². The predicted octanol–water partition coefficient (Wildman–Crippen LogP) is 15.8. The number of allylic oxidation sites excluding steroid dienone is 6. The average molecular weight is 801 g/mol. The van der Waals surface area contributed by atoms with Crippen molar-refractivity contribution in [1.82, 2.24) is 0 Å². The van der Waals surface area contributed by atoms with Crippen LogP contribution in [0.15, 0.2) is 36.5 Å². The molecule has 0 N–H and O–H groups in total. The molecule has 0 aliphatic heterocycles.